The molecule has 1 heterocycles. The average molecular weight is 216 g/mol. The number of likely N-dealkylation sites (tertiary alicyclic amines) is 1. The number of methoxy groups -OCH3 is 1. The summed E-state index contributed by atoms with van der Waals surface area (Å²) >= 11 is 0. The Labute approximate surface area is 90.4 Å². The number of hydrogen-bond acceptors (Lipinski definition) is 4. The lowest BCUT2D eigenvalue weighted by atomic mass is 9.96. The molecule has 1 amide bonds. The number of hydrogen-bond donors (Lipinski definition) is 2. The Kier molecular flexibility index (Phi) is 4.84. The normalized spacial score (nSPS) is 26.5. The van der Waals surface area contributed by atoms with E-state index in [9.17, 15) is 4.79 Å². The van der Waals surface area contributed by atoms with Crippen LogP contribution in [-0.4, -0.2) is 55.5 Å². The summed E-state index contributed by atoms with van der Waals surface area (Å²) in [6.07, 6.45) is 0.769. The minimum absolute atomic E-state index is 0.128. The maximum Gasteiger partial charge on any atom is 0.409 e. The first-order chi connectivity index (χ1) is 7.17. The number of ether oxygens (including phenoxy) is 1. The highest BCUT2D eigenvalue weighted by atomic mass is 16.5. The number of rotatable bonds is 3. The van der Waals surface area contributed by atoms with Crippen molar-refractivity contribution in [3.05, 3.63) is 0 Å². The Morgan fingerprint density at radius 3 is 2.93 bits per heavy atom. The Balaban J connectivity index is 2.44. The highest BCUT2D eigenvalue weighted by Gasteiger charge is 2.27. The van der Waals surface area contributed by atoms with Gasteiger partial charge in [-0.05, 0) is 12.3 Å². The van der Waals surface area contributed by atoms with Gasteiger partial charge in [-0.2, -0.15) is 0 Å². The molecular formula is C10H20N2O3. The van der Waals surface area contributed by atoms with Crippen molar-refractivity contribution in [2.75, 3.05) is 33.4 Å². The van der Waals surface area contributed by atoms with Crippen molar-refractivity contribution in [3.8, 4) is 0 Å². The van der Waals surface area contributed by atoms with Crippen molar-refractivity contribution in [2.45, 2.75) is 19.4 Å². The summed E-state index contributed by atoms with van der Waals surface area (Å²) in [7, 11) is 1.40. The molecule has 0 aromatic heterocycles. The summed E-state index contributed by atoms with van der Waals surface area (Å²) in [4.78, 5) is 13.1. The van der Waals surface area contributed by atoms with E-state index in [1.807, 2.05) is 0 Å². The zero-order chi connectivity index (χ0) is 11.3. The van der Waals surface area contributed by atoms with Gasteiger partial charge in [0.25, 0.3) is 0 Å². The molecule has 5 heteroatoms. The van der Waals surface area contributed by atoms with E-state index in [0.29, 0.717) is 19.0 Å². The van der Waals surface area contributed by atoms with Gasteiger partial charge in [-0.25, -0.2) is 4.79 Å². The van der Waals surface area contributed by atoms with Crippen LogP contribution in [0.15, 0.2) is 0 Å². The third-order valence-electron chi connectivity index (χ3n) is 2.64. The molecule has 0 radical (unpaired) electrons. The average Bonchev–Trinajstić information content (AvgIpc) is 2.24. The molecule has 15 heavy (non-hydrogen) atoms. The summed E-state index contributed by atoms with van der Waals surface area (Å²) in [6, 6.07) is 0.264. The summed E-state index contributed by atoms with van der Waals surface area (Å²) in [5, 5.41) is 11.9. The maximum atomic E-state index is 11.4. The number of carbonyl (C=O) groups is 1. The molecule has 1 aliphatic rings. The highest BCUT2D eigenvalue weighted by molar-refractivity contribution is 5.67. The summed E-state index contributed by atoms with van der Waals surface area (Å²) in [5.41, 5.74) is 0. The monoisotopic (exact) mass is 216 g/mol. The molecule has 5 nitrogen and oxygen atoms in total. The van der Waals surface area contributed by atoms with E-state index >= 15 is 0 Å². The van der Waals surface area contributed by atoms with Crippen LogP contribution < -0.4 is 5.32 Å². The zero-order valence-electron chi connectivity index (χ0n) is 9.40. The first-order valence-corrected chi connectivity index (χ1v) is 5.34. The first-order valence-electron chi connectivity index (χ1n) is 5.34. The molecule has 0 bridgehead atoms. The first kappa shape index (κ1) is 12.3. The van der Waals surface area contributed by atoms with Crippen LogP contribution in [0.25, 0.3) is 0 Å². The Bertz CT molecular complexity index is 211. The molecule has 2 atom stereocenters. The maximum absolute atomic E-state index is 11.4. The quantitative estimate of drug-likeness (QED) is 0.699. The van der Waals surface area contributed by atoms with Gasteiger partial charge < -0.3 is 20.1 Å². The van der Waals surface area contributed by atoms with Gasteiger partial charge in [0.15, 0.2) is 0 Å². The van der Waals surface area contributed by atoms with E-state index in [1.165, 1.54) is 7.11 Å². The van der Waals surface area contributed by atoms with E-state index in [0.717, 1.165) is 13.0 Å². The molecule has 0 spiro atoms. The predicted molar refractivity (Wildman–Crippen MR) is 56.6 cm³/mol. The minimum atomic E-state index is -0.266. The number of carbonyl (C=O) groups excluding carboxylic acids is 1. The van der Waals surface area contributed by atoms with Crippen LogP contribution in [0.5, 0.6) is 0 Å². The molecule has 88 valence electrons. The lowest BCUT2D eigenvalue weighted by Crippen LogP contribution is -2.51. The second-order valence-corrected chi connectivity index (χ2v) is 4.09. The van der Waals surface area contributed by atoms with E-state index < -0.39 is 0 Å². The van der Waals surface area contributed by atoms with Crippen molar-refractivity contribution in [1.29, 1.82) is 0 Å². The van der Waals surface area contributed by atoms with Crippen LogP contribution in [-0.2, 0) is 4.74 Å². The number of aliphatic hydroxyl groups excluding tert-OH is 1. The van der Waals surface area contributed by atoms with Crippen molar-refractivity contribution in [1.82, 2.24) is 10.2 Å². The van der Waals surface area contributed by atoms with Gasteiger partial charge in [0.2, 0.25) is 0 Å². The SMILES string of the molecule is COC(=O)N1CC(C)CC(NCCO)C1. The fraction of sp³-hybridized carbons (Fsp3) is 0.900. The van der Waals surface area contributed by atoms with Gasteiger partial charge >= 0.3 is 6.09 Å². The fourth-order valence-corrected chi connectivity index (χ4v) is 2.05. The predicted octanol–water partition coefficient (Wildman–Crippen LogP) is 0.0451. The Morgan fingerprint density at radius 1 is 1.60 bits per heavy atom. The second-order valence-electron chi connectivity index (χ2n) is 4.09. The Hall–Kier alpha value is -0.810. The molecule has 1 rings (SSSR count). The Morgan fingerprint density at radius 2 is 2.33 bits per heavy atom. The van der Waals surface area contributed by atoms with Crippen LogP contribution in [0.4, 0.5) is 4.79 Å². The molecular weight excluding hydrogens is 196 g/mol. The highest BCUT2D eigenvalue weighted by Crippen LogP contribution is 2.16. The third kappa shape index (κ3) is 3.68. The zero-order valence-corrected chi connectivity index (χ0v) is 9.40. The number of aliphatic hydroxyl groups is 1. The van der Waals surface area contributed by atoms with Gasteiger partial charge in [-0.3, -0.25) is 0 Å². The van der Waals surface area contributed by atoms with Crippen LogP contribution in [0.3, 0.4) is 0 Å². The lowest BCUT2D eigenvalue weighted by Gasteiger charge is -2.35. The van der Waals surface area contributed by atoms with Crippen LogP contribution in [0.2, 0.25) is 0 Å². The van der Waals surface area contributed by atoms with Crippen molar-refractivity contribution >= 4 is 6.09 Å². The number of piperidine rings is 1. The molecule has 0 aromatic carbocycles. The molecule has 0 aliphatic carbocycles. The van der Waals surface area contributed by atoms with Crippen molar-refractivity contribution < 1.29 is 14.6 Å². The smallest absolute Gasteiger partial charge is 0.409 e. The van der Waals surface area contributed by atoms with E-state index in [-0.39, 0.29) is 18.7 Å². The topological polar surface area (TPSA) is 61.8 Å². The number of amides is 1. The molecule has 1 saturated heterocycles. The van der Waals surface area contributed by atoms with Crippen LogP contribution >= 0.6 is 0 Å². The third-order valence-corrected chi connectivity index (χ3v) is 2.64. The van der Waals surface area contributed by atoms with Crippen LogP contribution in [0, 0.1) is 5.92 Å². The van der Waals surface area contributed by atoms with Crippen molar-refractivity contribution in [3.63, 3.8) is 0 Å². The molecule has 0 aromatic rings. The minimum Gasteiger partial charge on any atom is -0.453 e. The van der Waals surface area contributed by atoms with Crippen molar-refractivity contribution in [2.24, 2.45) is 5.92 Å². The summed E-state index contributed by atoms with van der Waals surface area (Å²) in [6.45, 7) is 4.24. The van der Waals surface area contributed by atoms with Gasteiger partial charge in [-0.1, -0.05) is 6.92 Å². The summed E-state index contributed by atoms with van der Waals surface area (Å²) in [5.74, 6) is 0.467. The number of nitrogens with one attached hydrogen (secondary N) is 1. The molecule has 0 saturated carbocycles. The largest absolute Gasteiger partial charge is 0.453 e. The standard InChI is InChI=1S/C10H20N2O3/c1-8-5-9(11-3-4-13)7-12(6-8)10(14)15-2/h8-9,11,13H,3-7H2,1-2H3. The molecule has 1 aliphatic heterocycles. The van der Waals surface area contributed by atoms with Crippen LogP contribution in [0.1, 0.15) is 13.3 Å². The van der Waals surface area contributed by atoms with Gasteiger partial charge in [0.1, 0.15) is 0 Å². The molecule has 1 fully saturated rings. The number of nitrogens with zero attached hydrogens (tertiary/aromatic N) is 1. The van der Waals surface area contributed by atoms with E-state index in [4.69, 9.17) is 9.84 Å². The fourth-order valence-electron chi connectivity index (χ4n) is 2.05. The summed E-state index contributed by atoms with van der Waals surface area (Å²) < 4.78 is 4.70. The second kappa shape index (κ2) is 5.92. The van der Waals surface area contributed by atoms with Gasteiger partial charge in [-0.15, -0.1) is 0 Å². The molecule has 2 N–H and O–H groups in total. The van der Waals surface area contributed by atoms with Gasteiger partial charge in [0.05, 0.1) is 13.7 Å². The lowest BCUT2D eigenvalue weighted by molar-refractivity contribution is 0.0931. The van der Waals surface area contributed by atoms with E-state index in [2.05, 4.69) is 12.2 Å². The van der Waals surface area contributed by atoms with E-state index in [1.54, 1.807) is 4.90 Å². The molecule has 2 unspecified atom stereocenters. The van der Waals surface area contributed by atoms with Gasteiger partial charge in [0, 0.05) is 25.7 Å².